The first-order valence-electron chi connectivity index (χ1n) is 7.16. The van der Waals surface area contributed by atoms with E-state index in [4.69, 9.17) is 11.5 Å². The van der Waals surface area contributed by atoms with Crippen molar-refractivity contribution in [2.24, 2.45) is 21.9 Å². The highest BCUT2D eigenvalue weighted by Crippen LogP contribution is 2.32. The minimum atomic E-state index is -0.431. The number of nitrogens with two attached hydrogens (primary N) is 2. The third-order valence-electron chi connectivity index (χ3n) is 3.11. The van der Waals surface area contributed by atoms with Crippen molar-refractivity contribution in [1.82, 2.24) is 4.98 Å². The molecule has 0 unspecified atom stereocenters. The van der Waals surface area contributed by atoms with Crippen molar-refractivity contribution >= 4 is 34.0 Å². The lowest BCUT2D eigenvalue weighted by atomic mass is 9.95. The highest BCUT2D eigenvalue weighted by molar-refractivity contribution is 7.15. The summed E-state index contributed by atoms with van der Waals surface area (Å²) < 4.78 is 0. The summed E-state index contributed by atoms with van der Waals surface area (Å²) in [6, 6.07) is 7.55. The number of aromatic nitrogens is 1. The molecule has 0 radical (unpaired) electrons. The third-order valence-corrected chi connectivity index (χ3v) is 3.97. The predicted molar refractivity (Wildman–Crippen MR) is 95.8 cm³/mol. The van der Waals surface area contributed by atoms with E-state index >= 15 is 0 Å². The quantitative estimate of drug-likeness (QED) is 0.593. The Morgan fingerprint density at radius 1 is 1.22 bits per heavy atom. The lowest BCUT2D eigenvalue weighted by Gasteiger charge is -2.17. The number of guanidine groups is 1. The molecule has 1 aromatic heterocycles. The van der Waals surface area contributed by atoms with Crippen LogP contribution in [0.5, 0.6) is 0 Å². The Kier molecular flexibility index (Phi) is 4.70. The van der Waals surface area contributed by atoms with Gasteiger partial charge in [-0.1, -0.05) is 44.2 Å². The normalized spacial score (nSPS) is 11.1. The zero-order valence-corrected chi connectivity index (χ0v) is 14.5. The van der Waals surface area contributed by atoms with Gasteiger partial charge < -0.3 is 16.8 Å². The SMILES string of the molecule is Cc1sc(N=C(N)N)nc1-c1ccc(NC(=O)C(C)(C)C)cc1. The number of carbonyl (C=O) groups excluding carboxylic acids is 1. The number of amides is 1. The van der Waals surface area contributed by atoms with E-state index in [0.29, 0.717) is 5.13 Å². The molecule has 6 nitrogen and oxygen atoms in total. The number of rotatable bonds is 3. The van der Waals surface area contributed by atoms with Crippen molar-refractivity contribution in [2.75, 3.05) is 5.32 Å². The first-order chi connectivity index (χ1) is 10.7. The number of nitrogens with one attached hydrogen (secondary N) is 1. The maximum absolute atomic E-state index is 12.0. The standard InChI is InChI=1S/C16H21N5OS/c1-9-12(20-15(23-9)21-14(17)18)10-5-7-11(8-6-10)19-13(22)16(2,3)4/h5-8H,1-4H3,(H,19,22)(H4,17,18,20,21). The first kappa shape index (κ1) is 17.0. The maximum atomic E-state index is 12.0. The van der Waals surface area contributed by atoms with Crippen LogP contribution in [-0.4, -0.2) is 16.9 Å². The van der Waals surface area contributed by atoms with E-state index in [2.05, 4.69) is 15.3 Å². The number of hydrogen-bond donors (Lipinski definition) is 3. The molecular formula is C16H21N5OS. The molecule has 0 spiro atoms. The summed E-state index contributed by atoms with van der Waals surface area (Å²) in [5, 5.41) is 3.43. The van der Waals surface area contributed by atoms with Crippen LogP contribution in [0.15, 0.2) is 29.3 Å². The van der Waals surface area contributed by atoms with Crippen molar-refractivity contribution in [1.29, 1.82) is 0 Å². The van der Waals surface area contributed by atoms with Crippen molar-refractivity contribution in [2.45, 2.75) is 27.7 Å². The lowest BCUT2D eigenvalue weighted by Crippen LogP contribution is -2.27. The van der Waals surface area contributed by atoms with Crippen molar-refractivity contribution < 1.29 is 4.79 Å². The number of aliphatic imine (C=N–C) groups is 1. The molecule has 2 aromatic rings. The van der Waals surface area contributed by atoms with Gasteiger partial charge in [-0.3, -0.25) is 4.79 Å². The number of nitrogens with zero attached hydrogens (tertiary/aromatic N) is 2. The summed E-state index contributed by atoms with van der Waals surface area (Å²) >= 11 is 1.43. The summed E-state index contributed by atoms with van der Waals surface area (Å²) in [7, 11) is 0. The van der Waals surface area contributed by atoms with E-state index in [1.807, 2.05) is 52.0 Å². The van der Waals surface area contributed by atoms with Gasteiger partial charge in [0.05, 0.1) is 5.69 Å². The molecule has 5 N–H and O–H groups in total. The summed E-state index contributed by atoms with van der Waals surface area (Å²) in [5.41, 5.74) is 12.9. The smallest absolute Gasteiger partial charge is 0.229 e. The molecule has 1 amide bonds. The minimum Gasteiger partial charge on any atom is -0.370 e. The average Bonchev–Trinajstić information content (AvgIpc) is 2.78. The molecule has 23 heavy (non-hydrogen) atoms. The van der Waals surface area contributed by atoms with Crippen LogP contribution in [0, 0.1) is 12.3 Å². The molecule has 2 rings (SSSR count). The topological polar surface area (TPSA) is 106 Å². The van der Waals surface area contributed by atoms with Gasteiger partial charge in [-0.15, -0.1) is 0 Å². The van der Waals surface area contributed by atoms with Crippen LogP contribution in [-0.2, 0) is 4.79 Å². The molecule has 0 aliphatic rings. The molecule has 0 fully saturated rings. The number of carbonyl (C=O) groups is 1. The Morgan fingerprint density at radius 2 is 1.83 bits per heavy atom. The number of aryl methyl sites for hydroxylation is 1. The van der Waals surface area contributed by atoms with Gasteiger partial charge in [-0.05, 0) is 19.1 Å². The van der Waals surface area contributed by atoms with E-state index in [9.17, 15) is 4.79 Å². The van der Waals surface area contributed by atoms with E-state index in [-0.39, 0.29) is 11.9 Å². The molecule has 0 saturated carbocycles. The van der Waals surface area contributed by atoms with Gasteiger partial charge in [0.15, 0.2) is 5.96 Å². The van der Waals surface area contributed by atoms with Crippen molar-refractivity contribution in [3.8, 4) is 11.3 Å². The Bertz CT molecular complexity index is 737. The number of benzene rings is 1. The molecule has 7 heteroatoms. The van der Waals surface area contributed by atoms with Crippen LogP contribution in [0.2, 0.25) is 0 Å². The minimum absolute atomic E-state index is 0.00876. The second kappa shape index (κ2) is 6.37. The van der Waals surface area contributed by atoms with Crippen LogP contribution >= 0.6 is 11.3 Å². The van der Waals surface area contributed by atoms with E-state index < -0.39 is 5.41 Å². The summed E-state index contributed by atoms with van der Waals surface area (Å²) in [6.07, 6.45) is 0. The van der Waals surface area contributed by atoms with Crippen molar-refractivity contribution in [3.05, 3.63) is 29.1 Å². The largest absolute Gasteiger partial charge is 0.370 e. The van der Waals surface area contributed by atoms with Gasteiger partial charge in [0.2, 0.25) is 11.0 Å². The predicted octanol–water partition coefficient (Wildman–Crippen LogP) is 3.01. The Hall–Kier alpha value is -2.41. The van der Waals surface area contributed by atoms with Gasteiger partial charge >= 0.3 is 0 Å². The van der Waals surface area contributed by atoms with Gasteiger partial charge in [-0.25, -0.2) is 4.98 Å². The fourth-order valence-electron chi connectivity index (χ4n) is 1.84. The summed E-state index contributed by atoms with van der Waals surface area (Å²) in [6.45, 7) is 7.59. The monoisotopic (exact) mass is 331 g/mol. The molecule has 1 aromatic carbocycles. The summed E-state index contributed by atoms with van der Waals surface area (Å²) in [5.74, 6) is -0.0318. The Balaban J connectivity index is 2.22. The first-order valence-corrected chi connectivity index (χ1v) is 7.97. The van der Waals surface area contributed by atoms with Crippen molar-refractivity contribution in [3.63, 3.8) is 0 Å². The van der Waals surface area contributed by atoms with Crippen LogP contribution in [0.1, 0.15) is 25.6 Å². The van der Waals surface area contributed by atoms with Gasteiger partial charge in [0, 0.05) is 21.5 Å². The fourth-order valence-corrected chi connectivity index (χ4v) is 2.66. The number of anilines is 1. The second-order valence-corrected chi connectivity index (χ2v) is 7.40. The Morgan fingerprint density at radius 3 is 2.35 bits per heavy atom. The second-order valence-electron chi connectivity index (χ2n) is 6.22. The Labute approximate surface area is 139 Å². The van der Waals surface area contributed by atoms with E-state index in [1.165, 1.54) is 11.3 Å². The van der Waals surface area contributed by atoms with Gasteiger partial charge in [-0.2, -0.15) is 4.99 Å². The van der Waals surface area contributed by atoms with Crippen LogP contribution in [0.3, 0.4) is 0 Å². The van der Waals surface area contributed by atoms with Crippen LogP contribution in [0.25, 0.3) is 11.3 Å². The van der Waals surface area contributed by atoms with Gasteiger partial charge in [0.1, 0.15) is 0 Å². The number of thiazole rings is 1. The van der Waals surface area contributed by atoms with Gasteiger partial charge in [0.25, 0.3) is 0 Å². The molecule has 0 saturated heterocycles. The van der Waals surface area contributed by atoms with Crippen LogP contribution < -0.4 is 16.8 Å². The zero-order chi connectivity index (χ0) is 17.2. The molecule has 1 heterocycles. The lowest BCUT2D eigenvalue weighted by molar-refractivity contribution is -0.123. The molecule has 0 atom stereocenters. The number of hydrogen-bond acceptors (Lipinski definition) is 4. The molecular weight excluding hydrogens is 310 g/mol. The molecule has 0 aliphatic heterocycles. The van der Waals surface area contributed by atoms with Crippen LogP contribution in [0.4, 0.5) is 10.8 Å². The van der Waals surface area contributed by atoms with E-state index in [1.54, 1.807) is 0 Å². The summed E-state index contributed by atoms with van der Waals surface area (Å²) in [4.78, 5) is 21.4. The molecule has 122 valence electrons. The maximum Gasteiger partial charge on any atom is 0.229 e. The zero-order valence-electron chi connectivity index (χ0n) is 13.7. The highest BCUT2D eigenvalue weighted by atomic mass is 32.1. The molecule has 0 aliphatic carbocycles. The third kappa shape index (κ3) is 4.29. The fraction of sp³-hybridized carbons (Fsp3) is 0.312. The molecule has 0 bridgehead atoms. The average molecular weight is 331 g/mol. The van der Waals surface area contributed by atoms with E-state index in [0.717, 1.165) is 21.8 Å². The highest BCUT2D eigenvalue weighted by Gasteiger charge is 2.21.